The van der Waals surface area contributed by atoms with Crippen LogP contribution in [-0.4, -0.2) is 19.7 Å². The lowest BCUT2D eigenvalue weighted by Crippen LogP contribution is -2.02. The Hall–Kier alpha value is -1.91. The van der Waals surface area contributed by atoms with Gasteiger partial charge in [-0.1, -0.05) is 0 Å². The van der Waals surface area contributed by atoms with Crippen LogP contribution in [0.5, 0.6) is 0 Å². The Kier molecular flexibility index (Phi) is 2.15. The Morgan fingerprint density at radius 2 is 2.00 bits per heavy atom. The molecule has 0 amide bonds. The minimum atomic E-state index is 0.517. The second kappa shape index (κ2) is 3.34. The number of rotatable bonds is 1. The normalized spacial score (nSPS) is 10.6. The molecule has 0 fully saturated rings. The van der Waals surface area contributed by atoms with Crippen molar-refractivity contribution in [1.82, 2.24) is 19.7 Å². The van der Waals surface area contributed by atoms with Gasteiger partial charge in [-0.05, 0) is 19.9 Å². The maximum atomic E-state index is 5.78. The van der Waals surface area contributed by atoms with Gasteiger partial charge in [0.1, 0.15) is 17.3 Å². The Bertz CT molecular complexity index is 501. The Morgan fingerprint density at radius 1 is 1.27 bits per heavy atom. The minimum absolute atomic E-state index is 0.517. The molecule has 5 heteroatoms. The summed E-state index contributed by atoms with van der Waals surface area (Å²) in [5.41, 5.74) is 8.29. The standard InChI is InChI=1S/C10H13N5/c1-6-9(8-4-5-15(3)14-8)12-7(2)13-10(6)11/h4-5H,1-3H3,(H2,11,12,13). The first-order valence-electron chi connectivity index (χ1n) is 4.68. The van der Waals surface area contributed by atoms with Crippen LogP contribution in [0.25, 0.3) is 11.4 Å². The fourth-order valence-electron chi connectivity index (χ4n) is 1.44. The fourth-order valence-corrected chi connectivity index (χ4v) is 1.44. The molecule has 0 radical (unpaired) electrons. The largest absolute Gasteiger partial charge is 0.383 e. The van der Waals surface area contributed by atoms with Gasteiger partial charge < -0.3 is 5.73 Å². The molecule has 0 aliphatic carbocycles. The van der Waals surface area contributed by atoms with Crippen molar-refractivity contribution >= 4 is 5.82 Å². The highest BCUT2D eigenvalue weighted by atomic mass is 15.2. The quantitative estimate of drug-likeness (QED) is 0.752. The van der Waals surface area contributed by atoms with E-state index in [4.69, 9.17) is 5.73 Å². The molecular formula is C10H13N5. The number of anilines is 1. The van der Waals surface area contributed by atoms with E-state index in [0.717, 1.165) is 17.0 Å². The lowest BCUT2D eigenvalue weighted by atomic mass is 10.2. The van der Waals surface area contributed by atoms with Crippen LogP contribution in [0.2, 0.25) is 0 Å². The zero-order valence-corrected chi connectivity index (χ0v) is 9.02. The van der Waals surface area contributed by atoms with Gasteiger partial charge in [-0.25, -0.2) is 9.97 Å². The van der Waals surface area contributed by atoms with Crippen molar-refractivity contribution in [2.24, 2.45) is 7.05 Å². The van der Waals surface area contributed by atoms with E-state index < -0.39 is 0 Å². The van der Waals surface area contributed by atoms with Gasteiger partial charge >= 0.3 is 0 Å². The highest BCUT2D eigenvalue weighted by Crippen LogP contribution is 2.22. The molecule has 0 atom stereocenters. The number of nitrogens with zero attached hydrogens (tertiary/aromatic N) is 4. The van der Waals surface area contributed by atoms with E-state index in [1.807, 2.05) is 33.2 Å². The molecule has 2 N–H and O–H groups in total. The molecular weight excluding hydrogens is 190 g/mol. The van der Waals surface area contributed by atoms with Crippen LogP contribution in [0.1, 0.15) is 11.4 Å². The third kappa shape index (κ3) is 1.68. The maximum absolute atomic E-state index is 5.78. The van der Waals surface area contributed by atoms with Crippen LogP contribution in [-0.2, 0) is 7.05 Å². The number of nitrogen functional groups attached to an aromatic ring is 1. The first-order chi connectivity index (χ1) is 7.08. The van der Waals surface area contributed by atoms with Crippen LogP contribution >= 0.6 is 0 Å². The first-order valence-corrected chi connectivity index (χ1v) is 4.68. The van der Waals surface area contributed by atoms with Crippen LogP contribution in [0.15, 0.2) is 12.3 Å². The van der Waals surface area contributed by atoms with Crippen molar-refractivity contribution in [2.45, 2.75) is 13.8 Å². The van der Waals surface area contributed by atoms with E-state index in [1.165, 1.54) is 0 Å². The number of aryl methyl sites for hydroxylation is 2. The third-order valence-corrected chi connectivity index (χ3v) is 2.25. The number of aromatic nitrogens is 4. The van der Waals surface area contributed by atoms with Crippen molar-refractivity contribution in [3.63, 3.8) is 0 Å². The summed E-state index contributed by atoms with van der Waals surface area (Å²) in [4.78, 5) is 8.45. The molecule has 0 aliphatic rings. The molecule has 0 unspecified atom stereocenters. The fraction of sp³-hybridized carbons (Fsp3) is 0.300. The SMILES string of the molecule is Cc1nc(N)c(C)c(-c2ccn(C)n2)n1. The van der Waals surface area contributed by atoms with E-state index in [1.54, 1.807) is 4.68 Å². The van der Waals surface area contributed by atoms with Crippen molar-refractivity contribution in [2.75, 3.05) is 5.73 Å². The second-order valence-corrected chi connectivity index (χ2v) is 3.50. The van der Waals surface area contributed by atoms with E-state index in [9.17, 15) is 0 Å². The van der Waals surface area contributed by atoms with Crippen molar-refractivity contribution < 1.29 is 0 Å². The summed E-state index contributed by atoms with van der Waals surface area (Å²) in [5.74, 6) is 1.18. The topological polar surface area (TPSA) is 69.6 Å². The summed E-state index contributed by atoms with van der Waals surface area (Å²) in [6.07, 6.45) is 1.88. The Labute approximate surface area is 88.0 Å². The van der Waals surface area contributed by atoms with E-state index >= 15 is 0 Å². The van der Waals surface area contributed by atoms with Crippen molar-refractivity contribution in [3.8, 4) is 11.4 Å². The second-order valence-electron chi connectivity index (χ2n) is 3.50. The van der Waals surface area contributed by atoms with Crippen LogP contribution in [0.3, 0.4) is 0 Å². The zero-order chi connectivity index (χ0) is 11.0. The van der Waals surface area contributed by atoms with Gasteiger partial charge in [0.2, 0.25) is 0 Å². The van der Waals surface area contributed by atoms with Crippen LogP contribution in [0, 0.1) is 13.8 Å². The number of hydrogen-bond acceptors (Lipinski definition) is 4. The number of nitrogens with two attached hydrogens (primary N) is 1. The van der Waals surface area contributed by atoms with Gasteiger partial charge in [0.25, 0.3) is 0 Å². The Balaban J connectivity index is 2.62. The monoisotopic (exact) mass is 203 g/mol. The summed E-state index contributed by atoms with van der Waals surface area (Å²) in [7, 11) is 1.87. The molecule has 2 heterocycles. The molecule has 2 aromatic heterocycles. The average Bonchev–Trinajstić information content (AvgIpc) is 2.58. The summed E-state index contributed by atoms with van der Waals surface area (Å²) in [6, 6.07) is 1.91. The molecule has 0 aliphatic heterocycles. The summed E-state index contributed by atoms with van der Waals surface area (Å²) in [6.45, 7) is 3.72. The average molecular weight is 203 g/mol. The molecule has 2 aromatic rings. The predicted molar refractivity (Wildman–Crippen MR) is 58.1 cm³/mol. The predicted octanol–water partition coefficient (Wildman–Crippen LogP) is 1.08. The minimum Gasteiger partial charge on any atom is -0.383 e. The van der Waals surface area contributed by atoms with Crippen molar-refractivity contribution in [3.05, 3.63) is 23.7 Å². The van der Waals surface area contributed by atoms with E-state index in [0.29, 0.717) is 11.6 Å². The van der Waals surface area contributed by atoms with Gasteiger partial charge in [0, 0.05) is 18.8 Å². The van der Waals surface area contributed by atoms with Gasteiger partial charge in [-0.3, -0.25) is 4.68 Å². The molecule has 15 heavy (non-hydrogen) atoms. The number of hydrogen-bond donors (Lipinski definition) is 1. The van der Waals surface area contributed by atoms with Gasteiger partial charge in [0.15, 0.2) is 0 Å². The van der Waals surface area contributed by atoms with E-state index in [2.05, 4.69) is 15.1 Å². The molecule has 0 saturated heterocycles. The molecule has 2 rings (SSSR count). The highest BCUT2D eigenvalue weighted by molar-refractivity contribution is 5.63. The lowest BCUT2D eigenvalue weighted by molar-refractivity contribution is 0.769. The molecule has 0 spiro atoms. The van der Waals surface area contributed by atoms with Crippen molar-refractivity contribution in [1.29, 1.82) is 0 Å². The molecule has 0 saturated carbocycles. The highest BCUT2D eigenvalue weighted by Gasteiger charge is 2.10. The lowest BCUT2D eigenvalue weighted by Gasteiger charge is -2.05. The zero-order valence-electron chi connectivity index (χ0n) is 9.02. The first kappa shape index (κ1) is 9.64. The summed E-state index contributed by atoms with van der Waals surface area (Å²) in [5, 5.41) is 4.29. The van der Waals surface area contributed by atoms with Gasteiger partial charge in [-0.2, -0.15) is 5.10 Å². The summed E-state index contributed by atoms with van der Waals surface area (Å²) >= 11 is 0. The third-order valence-electron chi connectivity index (χ3n) is 2.25. The molecule has 5 nitrogen and oxygen atoms in total. The van der Waals surface area contributed by atoms with Gasteiger partial charge in [-0.15, -0.1) is 0 Å². The van der Waals surface area contributed by atoms with Crippen LogP contribution in [0.4, 0.5) is 5.82 Å². The molecule has 0 aromatic carbocycles. The smallest absolute Gasteiger partial charge is 0.130 e. The van der Waals surface area contributed by atoms with Crippen LogP contribution < -0.4 is 5.73 Å². The molecule has 78 valence electrons. The molecule has 0 bridgehead atoms. The summed E-state index contributed by atoms with van der Waals surface area (Å²) < 4.78 is 1.74. The maximum Gasteiger partial charge on any atom is 0.130 e. The Morgan fingerprint density at radius 3 is 2.60 bits per heavy atom. The van der Waals surface area contributed by atoms with Gasteiger partial charge in [0.05, 0.1) is 5.69 Å². The van der Waals surface area contributed by atoms with E-state index in [-0.39, 0.29) is 0 Å².